The molecular weight excluding hydrogens is 326 g/mol. The average molecular weight is 343 g/mol. The van der Waals surface area contributed by atoms with Crippen LogP contribution in [-0.2, 0) is 4.79 Å². The standard InChI is InChI=1S/C16H17N5O2S/c1-2-7-23-13-5-3-12(4-6-13)20-14(22)10-24-16-19-9-11(8-17)15(18)21-16/h3-6,9H,2,7,10H2,1H3,(H,20,22)(H2,18,19,21). The first kappa shape index (κ1) is 17.6. The number of hydrogen-bond donors (Lipinski definition) is 2. The zero-order valence-corrected chi connectivity index (χ0v) is 14.0. The maximum atomic E-state index is 11.9. The molecule has 0 aliphatic rings. The third-order valence-corrected chi connectivity index (χ3v) is 3.72. The van der Waals surface area contributed by atoms with Gasteiger partial charge in [0.05, 0.1) is 18.6 Å². The quantitative estimate of drug-likeness (QED) is 0.586. The van der Waals surface area contributed by atoms with Crippen molar-refractivity contribution in [1.29, 1.82) is 5.26 Å². The van der Waals surface area contributed by atoms with Crippen LogP contribution >= 0.6 is 11.8 Å². The first-order valence-electron chi connectivity index (χ1n) is 7.30. The lowest BCUT2D eigenvalue weighted by molar-refractivity contribution is -0.113. The zero-order chi connectivity index (χ0) is 17.4. The molecule has 0 saturated carbocycles. The number of nitrogens with zero attached hydrogens (tertiary/aromatic N) is 3. The highest BCUT2D eigenvalue weighted by Gasteiger charge is 2.08. The van der Waals surface area contributed by atoms with Crippen LogP contribution in [-0.4, -0.2) is 28.2 Å². The van der Waals surface area contributed by atoms with Gasteiger partial charge in [-0.15, -0.1) is 0 Å². The minimum atomic E-state index is -0.186. The molecule has 1 amide bonds. The number of amides is 1. The molecule has 2 rings (SSSR count). The topological polar surface area (TPSA) is 114 Å². The Morgan fingerprint density at radius 2 is 2.17 bits per heavy atom. The van der Waals surface area contributed by atoms with Crippen molar-refractivity contribution in [2.75, 3.05) is 23.4 Å². The number of ether oxygens (including phenoxy) is 1. The highest BCUT2D eigenvalue weighted by molar-refractivity contribution is 7.99. The molecule has 3 N–H and O–H groups in total. The molecule has 1 aromatic heterocycles. The summed E-state index contributed by atoms with van der Waals surface area (Å²) in [6.07, 6.45) is 2.29. The first-order chi connectivity index (χ1) is 11.6. The van der Waals surface area contributed by atoms with Crippen LogP contribution in [0.15, 0.2) is 35.6 Å². The second kappa shape index (κ2) is 8.74. The van der Waals surface area contributed by atoms with E-state index in [1.165, 1.54) is 6.20 Å². The Morgan fingerprint density at radius 3 is 2.79 bits per heavy atom. The van der Waals surface area contributed by atoms with Crippen molar-refractivity contribution in [2.24, 2.45) is 0 Å². The fourth-order valence-electron chi connectivity index (χ4n) is 1.72. The monoisotopic (exact) mass is 343 g/mol. The van der Waals surface area contributed by atoms with Crippen LogP contribution in [0.25, 0.3) is 0 Å². The molecule has 8 heteroatoms. The number of rotatable bonds is 7. The molecule has 24 heavy (non-hydrogen) atoms. The molecule has 0 saturated heterocycles. The van der Waals surface area contributed by atoms with Crippen molar-refractivity contribution in [3.8, 4) is 11.8 Å². The molecular formula is C16H17N5O2S. The first-order valence-corrected chi connectivity index (χ1v) is 8.29. The number of aromatic nitrogens is 2. The van der Waals surface area contributed by atoms with Gasteiger partial charge in [-0.2, -0.15) is 5.26 Å². The summed E-state index contributed by atoms with van der Waals surface area (Å²) in [6, 6.07) is 9.07. The smallest absolute Gasteiger partial charge is 0.234 e. The summed E-state index contributed by atoms with van der Waals surface area (Å²) < 4.78 is 5.48. The molecule has 2 aromatic rings. The normalized spacial score (nSPS) is 10.0. The molecule has 0 atom stereocenters. The Morgan fingerprint density at radius 1 is 1.42 bits per heavy atom. The van der Waals surface area contributed by atoms with E-state index in [0.717, 1.165) is 23.9 Å². The van der Waals surface area contributed by atoms with Crippen molar-refractivity contribution in [1.82, 2.24) is 9.97 Å². The van der Waals surface area contributed by atoms with Gasteiger partial charge < -0.3 is 15.8 Å². The average Bonchev–Trinajstić information content (AvgIpc) is 2.59. The molecule has 7 nitrogen and oxygen atoms in total. The van der Waals surface area contributed by atoms with Crippen LogP contribution in [0.3, 0.4) is 0 Å². The summed E-state index contributed by atoms with van der Waals surface area (Å²) in [5.74, 6) is 0.830. The minimum absolute atomic E-state index is 0.109. The van der Waals surface area contributed by atoms with Gasteiger partial charge in [0, 0.05) is 5.69 Å². The molecule has 0 spiro atoms. The number of carbonyl (C=O) groups excluding carboxylic acids is 1. The lowest BCUT2D eigenvalue weighted by Crippen LogP contribution is -2.14. The van der Waals surface area contributed by atoms with E-state index in [0.29, 0.717) is 17.5 Å². The van der Waals surface area contributed by atoms with Gasteiger partial charge in [0.25, 0.3) is 0 Å². The van der Waals surface area contributed by atoms with Crippen LogP contribution in [0, 0.1) is 11.3 Å². The summed E-state index contributed by atoms with van der Waals surface area (Å²) in [6.45, 7) is 2.70. The lowest BCUT2D eigenvalue weighted by Gasteiger charge is -2.07. The van der Waals surface area contributed by atoms with E-state index < -0.39 is 0 Å². The van der Waals surface area contributed by atoms with Crippen molar-refractivity contribution >= 4 is 29.2 Å². The van der Waals surface area contributed by atoms with Crippen LogP contribution < -0.4 is 15.8 Å². The second-order valence-corrected chi connectivity index (χ2v) is 5.72. The van der Waals surface area contributed by atoms with E-state index in [9.17, 15) is 4.79 Å². The highest BCUT2D eigenvalue weighted by atomic mass is 32.2. The van der Waals surface area contributed by atoms with Gasteiger partial charge in [-0.3, -0.25) is 4.79 Å². The number of carbonyl (C=O) groups is 1. The van der Waals surface area contributed by atoms with Gasteiger partial charge in [-0.05, 0) is 30.7 Å². The Labute approximate surface area is 144 Å². The summed E-state index contributed by atoms with van der Waals surface area (Å²) in [5.41, 5.74) is 6.51. The number of nitriles is 1. The molecule has 0 bridgehead atoms. The van der Waals surface area contributed by atoms with Gasteiger partial charge in [0.2, 0.25) is 5.91 Å². The van der Waals surface area contributed by atoms with Crippen LogP contribution in [0.1, 0.15) is 18.9 Å². The number of benzene rings is 1. The van der Waals surface area contributed by atoms with Crippen molar-refractivity contribution in [3.63, 3.8) is 0 Å². The van der Waals surface area contributed by atoms with E-state index >= 15 is 0 Å². The number of nitrogens with two attached hydrogens (primary N) is 1. The van der Waals surface area contributed by atoms with Crippen molar-refractivity contribution in [3.05, 3.63) is 36.0 Å². The number of nitrogen functional groups attached to an aromatic ring is 1. The van der Waals surface area contributed by atoms with Crippen LogP contribution in [0.5, 0.6) is 5.75 Å². The highest BCUT2D eigenvalue weighted by Crippen LogP contribution is 2.18. The Balaban J connectivity index is 1.85. The fourth-order valence-corrected chi connectivity index (χ4v) is 2.34. The summed E-state index contributed by atoms with van der Waals surface area (Å²) in [5, 5.41) is 11.9. The Bertz CT molecular complexity index is 743. The van der Waals surface area contributed by atoms with Gasteiger partial charge in [0.15, 0.2) is 5.16 Å². The SMILES string of the molecule is CCCOc1ccc(NC(=O)CSc2ncc(C#N)c(N)n2)cc1. The number of thioether (sulfide) groups is 1. The lowest BCUT2D eigenvalue weighted by atomic mass is 10.3. The van der Waals surface area contributed by atoms with E-state index in [2.05, 4.69) is 15.3 Å². The predicted octanol–water partition coefficient (Wildman–Crippen LogP) is 2.45. The number of nitrogens with one attached hydrogen (secondary N) is 1. The van der Waals surface area contributed by atoms with Gasteiger partial charge in [-0.1, -0.05) is 18.7 Å². The van der Waals surface area contributed by atoms with Crippen molar-refractivity contribution < 1.29 is 9.53 Å². The Hall–Kier alpha value is -2.79. The molecule has 124 valence electrons. The van der Waals surface area contributed by atoms with E-state index in [1.54, 1.807) is 12.1 Å². The fraction of sp³-hybridized carbons (Fsp3) is 0.250. The van der Waals surface area contributed by atoms with Gasteiger partial charge in [-0.25, -0.2) is 9.97 Å². The third-order valence-electron chi connectivity index (χ3n) is 2.86. The molecule has 0 unspecified atom stereocenters. The van der Waals surface area contributed by atoms with Gasteiger partial charge in [0.1, 0.15) is 23.2 Å². The van der Waals surface area contributed by atoms with E-state index in [4.69, 9.17) is 15.7 Å². The van der Waals surface area contributed by atoms with E-state index in [1.807, 2.05) is 25.1 Å². The molecule has 0 fully saturated rings. The minimum Gasteiger partial charge on any atom is -0.494 e. The van der Waals surface area contributed by atoms with Crippen LogP contribution in [0.2, 0.25) is 0 Å². The van der Waals surface area contributed by atoms with Gasteiger partial charge >= 0.3 is 0 Å². The molecule has 1 heterocycles. The van der Waals surface area contributed by atoms with E-state index in [-0.39, 0.29) is 23.0 Å². The summed E-state index contributed by atoms with van der Waals surface area (Å²) in [7, 11) is 0. The third kappa shape index (κ3) is 5.14. The second-order valence-electron chi connectivity index (χ2n) is 4.77. The zero-order valence-electron chi connectivity index (χ0n) is 13.2. The number of hydrogen-bond acceptors (Lipinski definition) is 7. The molecule has 0 aliphatic heterocycles. The summed E-state index contributed by atoms with van der Waals surface area (Å²) >= 11 is 1.15. The summed E-state index contributed by atoms with van der Waals surface area (Å²) in [4.78, 5) is 19.9. The number of anilines is 2. The molecule has 0 radical (unpaired) electrons. The maximum absolute atomic E-state index is 11.9. The maximum Gasteiger partial charge on any atom is 0.234 e. The van der Waals surface area contributed by atoms with Crippen molar-refractivity contribution in [2.45, 2.75) is 18.5 Å². The van der Waals surface area contributed by atoms with Crippen LogP contribution in [0.4, 0.5) is 11.5 Å². The predicted molar refractivity (Wildman–Crippen MR) is 92.7 cm³/mol. The largest absolute Gasteiger partial charge is 0.494 e. The Kier molecular flexibility index (Phi) is 6.40. The molecule has 1 aromatic carbocycles. The molecule has 0 aliphatic carbocycles.